The summed E-state index contributed by atoms with van der Waals surface area (Å²) in [6.45, 7) is -0.637. The molecule has 1 fully saturated rings. The number of hydrogen-bond acceptors (Lipinski definition) is 11. The van der Waals surface area contributed by atoms with E-state index in [1.54, 1.807) is 0 Å². The number of rotatable bonds is 5. The van der Waals surface area contributed by atoms with Gasteiger partial charge in [0, 0.05) is 17.7 Å². The van der Waals surface area contributed by atoms with E-state index in [1.807, 2.05) is 0 Å². The van der Waals surface area contributed by atoms with Gasteiger partial charge in [0.25, 0.3) is 0 Å². The highest BCUT2D eigenvalue weighted by atomic mass is 16.7. The topological polar surface area (TPSA) is 179 Å². The van der Waals surface area contributed by atoms with E-state index in [0.29, 0.717) is 5.56 Å². The van der Waals surface area contributed by atoms with Crippen LogP contribution >= 0.6 is 0 Å². The predicted molar refractivity (Wildman–Crippen MR) is 111 cm³/mol. The van der Waals surface area contributed by atoms with Crippen molar-refractivity contribution in [1.29, 1.82) is 0 Å². The summed E-state index contributed by atoms with van der Waals surface area (Å²) in [5.74, 6) is -0.353. The van der Waals surface area contributed by atoms with Crippen molar-refractivity contribution < 1.29 is 54.7 Å². The monoisotopic (exact) mass is 464 g/mol. The lowest BCUT2D eigenvalue weighted by molar-refractivity contribution is -0.293. The van der Waals surface area contributed by atoms with E-state index in [1.165, 1.54) is 37.5 Å². The number of phenols is 3. The normalized spacial score (nSPS) is 28.9. The average Bonchev–Trinajstić information content (AvgIpc) is 2.79. The van der Waals surface area contributed by atoms with Crippen molar-refractivity contribution >= 4 is 6.08 Å². The maximum Gasteiger partial charge on any atom is 0.228 e. The molecule has 2 heterocycles. The van der Waals surface area contributed by atoms with Gasteiger partial charge >= 0.3 is 0 Å². The summed E-state index contributed by atoms with van der Waals surface area (Å²) < 4.78 is 22.3. The van der Waals surface area contributed by atoms with Crippen molar-refractivity contribution in [2.24, 2.45) is 0 Å². The highest BCUT2D eigenvalue weighted by Gasteiger charge is 2.46. The van der Waals surface area contributed by atoms with Gasteiger partial charge in [-0.3, -0.25) is 0 Å². The van der Waals surface area contributed by atoms with Crippen molar-refractivity contribution in [3.63, 3.8) is 0 Å². The zero-order chi connectivity index (χ0) is 23.9. The molecule has 2 aromatic rings. The van der Waals surface area contributed by atoms with Crippen LogP contribution in [-0.4, -0.2) is 80.2 Å². The molecule has 2 aromatic carbocycles. The first kappa shape index (κ1) is 23.0. The second kappa shape index (κ2) is 8.96. The number of aliphatic hydroxyl groups excluding tert-OH is 4. The van der Waals surface area contributed by atoms with Crippen LogP contribution in [0.3, 0.4) is 0 Å². The van der Waals surface area contributed by atoms with Gasteiger partial charge in [0.1, 0.15) is 47.4 Å². The minimum Gasteiger partial charge on any atom is -0.508 e. The third-order valence-electron chi connectivity index (χ3n) is 5.50. The summed E-state index contributed by atoms with van der Waals surface area (Å²) in [5.41, 5.74) is 0.614. The summed E-state index contributed by atoms with van der Waals surface area (Å²) >= 11 is 0. The number of hydrogen-bond donors (Lipinski definition) is 7. The minimum absolute atomic E-state index is 0.0283. The maximum atomic E-state index is 10.4. The van der Waals surface area contributed by atoms with Crippen LogP contribution < -0.4 is 9.47 Å². The molecule has 6 unspecified atom stereocenters. The molecule has 0 bridgehead atoms. The van der Waals surface area contributed by atoms with Gasteiger partial charge in [-0.1, -0.05) is 6.07 Å². The van der Waals surface area contributed by atoms with Gasteiger partial charge in [-0.2, -0.15) is 0 Å². The van der Waals surface area contributed by atoms with Crippen LogP contribution in [0.25, 0.3) is 6.08 Å². The minimum atomic E-state index is -1.67. The van der Waals surface area contributed by atoms with Crippen LogP contribution in [0.15, 0.2) is 36.1 Å². The Bertz CT molecular complexity index is 1050. The number of benzene rings is 2. The van der Waals surface area contributed by atoms with Crippen molar-refractivity contribution in [3.8, 4) is 28.7 Å². The Balaban J connectivity index is 1.75. The second-order valence-corrected chi connectivity index (χ2v) is 7.67. The number of methoxy groups -OCH3 is 1. The third-order valence-corrected chi connectivity index (χ3v) is 5.50. The fourth-order valence-electron chi connectivity index (χ4n) is 3.73. The Morgan fingerprint density at radius 2 is 1.70 bits per heavy atom. The molecular weight excluding hydrogens is 440 g/mol. The molecule has 11 heteroatoms. The molecule has 0 amide bonds. The third kappa shape index (κ3) is 4.24. The van der Waals surface area contributed by atoms with Gasteiger partial charge in [0.2, 0.25) is 6.29 Å². The number of aliphatic hydroxyl groups is 4. The standard InChI is InChI=1S/C22H24O11/c1-30-15-4-9(2-3-12(15)25)21-16(7-11-13(26)5-10(24)6-14(11)31-21)32-22-20(29)19(28)18(27)17(8-23)33-22/h2-7,17-29H,8H2,1H3. The largest absolute Gasteiger partial charge is 0.508 e. The molecule has 11 nitrogen and oxygen atoms in total. The van der Waals surface area contributed by atoms with Crippen LogP contribution in [0.1, 0.15) is 17.2 Å². The summed E-state index contributed by atoms with van der Waals surface area (Å²) in [6.07, 6.45) is -7.20. The molecule has 33 heavy (non-hydrogen) atoms. The van der Waals surface area contributed by atoms with Crippen molar-refractivity contribution in [3.05, 3.63) is 47.2 Å². The SMILES string of the molecule is COc1cc(C2Oc3cc(O)cc(O)c3C=C2OC2OC(CO)C(O)C(O)C2O)ccc1O. The highest BCUT2D eigenvalue weighted by molar-refractivity contribution is 5.69. The van der Waals surface area contributed by atoms with Crippen LogP contribution in [0, 0.1) is 0 Å². The lowest BCUT2D eigenvalue weighted by Crippen LogP contribution is -2.59. The fraction of sp³-hybridized carbons (Fsp3) is 0.364. The van der Waals surface area contributed by atoms with E-state index < -0.39 is 43.4 Å². The molecule has 7 N–H and O–H groups in total. The van der Waals surface area contributed by atoms with Crippen LogP contribution in [0.4, 0.5) is 0 Å². The quantitative estimate of drug-likeness (QED) is 0.319. The first-order chi connectivity index (χ1) is 15.7. The van der Waals surface area contributed by atoms with Gasteiger partial charge in [0.05, 0.1) is 19.3 Å². The number of phenolic OH excluding ortho intramolecular Hbond substituents is 3. The lowest BCUT2D eigenvalue weighted by Gasteiger charge is -2.41. The van der Waals surface area contributed by atoms with Crippen LogP contribution in [0.5, 0.6) is 28.7 Å². The Morgan fingerprint density at radius 1 is 0.939 bits per heavy atom. The molecular formula is C22H24O11. The summed E-state index contributed by atoms with van der Waals surface area (Å²) in [5, 5.41) is 69.9. The van der Waals surface area contributed by atoms with E-state index in [0.717, 1.165) is 6.07 Å². The van der Waals surface area contributed by atoms with Gasteiger partial charge in [-0.25, -0.2) is 0 Å². The molecule has 0 radical (unpaired) electrons. The zero-order valence-corrected chi connectivity index (χ0v) is 17.4. The van der Waals surface area contributed by atoms with Crippen LogP contribution in [0.2, 0.25) is 0 Å². The molecule has 4 rings (SSSR count). The van der Waals surface area contributed by atoms with Crippen LogP contribution in [-0.2, 0) is 9.47 Å². The van der Waals surface area contributed by atoms with E-state index in [-0.39, 0.29) is 40.1 Å². The summed E-state index contributed by atoms with van der Waals surface area (Å²) in [6, 6.07) is 6.78. The first-order valence-electron chi connectivity index (χ1n) is 10.0. The second-order valence-electron chi connectivity index (χ2n) is 7.67. The lowest BCUT2D eigenvalue weighted by atomic mass is 9.98. The number of aromatic hydroxyl groups is 3. The smallest absolute Gasteiger partial charge is 0.228 e. The zero-order valence-electron chi connectivity index (χ0n) is 17.4. The van der Waals surface area contributed by atoms with Gasteiger partial charge in [-0.15, -0.1) is 0 Å². The Labute approximate surface area is 187 Å². The number of ether oxygens (including phenoxy) is 4. The van der Waals surface area contributed by atoms with Gasteiger partial charge in [-0.05, 0) is 18.2 Å². The molecule has 0 saturated carbocycles. The predicted octanol–water partition coefficient (Wildman–Crippen LogP) is 0.103. The van der Waals surface area contributed by atoms with Crippen molar-refractivity contribution in [1.82, 2.24) is 0 Å². The Kier molecular flexibility index (Phi) is 6.23. The molecule has 178 valence electrons. The fourth-order valence-corrected chi connectivity index (χ4v) is 3.73. The average molecular weight is 464 g/mol. The first-order valence-corrected chi connectivity index (χ1v) is 10.0. The Hall–Kier alpha value is -3.22. The van der Waals surface area contributed by atoms with E-state index in [4.69, 9.17) is 18.9 Å². The molecule has 0 aliphatic carbocycles. The molecule has 2 aliphatic heterocycles. The van der Waals surface area contributed by atoms with E-state index in [9.17, 15) is 35.7 Å². The van der Waals surface area contributed by atoms with Gasteiger partial charge < -0.3 is 54.7 Å². The van der Waals surface area contributed by atoms with Crippen molar-refractivity contribution in [2.45, 2.75) is 36.8 Å². The van der Waals surface area contributed by atoms with E-state index in [2.05, 4.69) is 0 Å². The molecule has 2 aliphatic rings. The molecule has 6 atom stereocenters. The summed E-state index contributed by atoms with van der Waals surface area (Å²) in [7, 11) is 1.37. The summed E-state index contributed by atoms with van der Waals surface area (Å²) in [4.78, 5) is 0. The molecule has 1 saturated heterocycles. The molecule has 0 spiro atoms. The number of fused-ring (bicyclic) bond motifs is 1. The van der Waals surface area contributed by atoms with Gasteiger partial charge in [0.15, 0.2) is 17.6 Å². The maximum absolute atomic E-state index is 10.4. The Morgan fingerprint density at radius 3 is 2.39 bits per heavy atom. The van der Waals surface area contributed by atoms with Crippen molar-refractivity contribution in [2.75, 3.05) is 13.7 Å². The molecule has 0 aromatic heterocycles. The highest BCUT2D eigenvalue weighted by Crippen LogP contribution is 2.45. The van der Waals surface area contributed by atoms with E-state index >= 15 is 0 Å².